The van der Waals surface area contributed by atoms with Crippen LogP contribution in [0.5, 0.6) is 0 Å². The van der Waals surface area contributed by atoms with E-state index in [1.807, 2.05) is 6.92 Å². The van der Waals surface area contributed by atoms with Gasteiger partial charge in [-0.05, 0) is 12.8 Å². The van der Waals surface area contributed by atoms with Gasteiger partial charge in [-0.25, -0.2) is 4.79 Å². The molecule has 0 N–H and O–H groups in total. The van der Waals surface area contributed by atoms with Crippen molar-refractivity contribution in [3.63, 3.8) is 0 Å². The first-order valence-corrected chi connectivity index (χ1v) is 8.71. The maximum Gasteiger partial charge on any atom is 0.334 e. The number of hydrogen-bond acceptors (Lipinski definition) is 5. The highest BCUT2D eigenvalue weighted by Gasteiger charge is 2.32. The molecule has 1 saturated heterocycles. The Morgan fingerprint density at radius 1 is 1.17 bits per heavy atom. The third-order valence-electron chi connectivity index (χ3n) is 4.00. The zero-order valence-corrected chi connectivity index (χ0v) is 15.0. The number of esters is 2. The van der Waals surface area contributed by atoms with Crippen LogP contribution >= 0.6 is 0 Å². The second-order valence-electron chi connectivity index (χ2n) is 6.27. The fourth-order valence-electron chi connectivity index (χ4n) is 2.49. The number of rotatable bonds is 10. The number of nitrogens with zero attached hydrogens (tertiary/aromatic N) is 1. The van der Waals surface area contributed by atoms with Crippen molar-refractivity contribution in [1.29, 1.82) is 0 Å². The molecule has 1 aliphatic heterocycles. The summed E-state index contributed by atoms with van der Waals surface area (Å²) in [6.45, 7) is 10.0. The third kappa shape index (κ3) is 6.72. The molecule has 1 amide bonds. The molecule has 0 aromatic rings. The predicted molar refractivity (Wildman–Crippen MR) is 90.2 cm³/mol. The van der Waals surface area contributed by atoms with Gasteiger partial charge in [0.15, 0.2) is 0 Å². The van der Waals surface area contributed by atoms with Crippen molar-refractivity contribution in [2.75, 3.05) is 13.1 Å². The molecule has 1 fully saturated rings. The Kier molecular flexibility index (Phi) is 8.50. The molecule has 1 aliphatic rings. The number of amides is 1. The van der Waals surface area contributed by atoms with E-state index in [9.17, 15) is 14.4 Å². The first-order valence-electron chi connectivity index (χ1n) is 8.71. The maximum atomic E-state index is 12.0. The highest BCUT2D eigenvalue weighted by atomic mass is 16.6. The highest BCUT2D eigenvalue weighted by Crippen LogP contribution is 2.16. The number of carbonyl (C=O) groups excluding carboxylic acids is 3. The van der Waals surface area contributed by atoms with Crippen LogP contribution in [-0.4, -0.2) is 48.0 Å². The van der Waals surface area contributed by atoms with Crippen molar-refractivity contribution in [3.8, 4) is 0 Å². The van der Waals surface area contributed by atoms with E-state index in [2.05, 4.69) is 13.5 Å². The third-order valence-corrected chi connectivity index (χ3v) is 4.00. The summed E-state index contributed by atoms with van der Waals surface area (Å²) in [4.78, 5) is 36.5. The molecule has 6 nitrogen and oxygen atoms in total. The largest absolute Gasteiger partial charge is 0.462 e. The molecule has 0 aromatic carbocycles. The monoisotopic (exact) mass is 339 g/mol. The second kappa shape index (κ2) is 10.1. The molecule has 0 spiro atoms. The van der Waals surface area contributed by atoms with Crippen LogP contribution in [0, 0.1) is 0 Å². The number of likely N-dealkylation sites (tertiary alicyclic amines) is 1. The summed E-state index contributed by atoms with van der Waals surface area (Å²) in [7, 11) is 0. The van der Waals surface area contributed by atoms with Gasteiger partial charge in [-0.2, -0.15) is 0 Å². The minimum atomic E-state index is -0.597. The lowest BCUT2D eigenvalue weighted by atomic mass is 10.1. The van der Waals surface area contributed by atoms with Crippen molar-refractivity contribution < 1.29 is 23.9 Å². The summed E-state index contributed by atoms with van der Waals surface area (Å²) in [5, 5.41) is 0. The Balaban J connectivity index is 2.33. The SMILES string of the molecule is C=C(CC(=O)OC(CCC)CCCC)C(=O)OC1CN(C(C)=O)C1. The summed E-state index contributed by atoms with van der Waals surface area (Å²) < 4.78 is 10.7. The van der Waals surface area contributed by atoms with Gasteiger partial charge in [0.05, 0.1) is 19.5 Å². The standard InChI is InChI=1S/C18H29NO5/c1-5-7-9-15(8-6-2)23-17(21)10-13(3)18(22)24-16-11-19(12-16)14(4)20/h15-16H,3,5-12H2,1-2,4H3. The van der Waals surface area contributed by atoms with Gasteiger partial charge in [0, 0.05) is 12.5 Å². The van der Waals surface area contributed by atoms with Gasteiger partial charge in [-0.15, -0.1) is 0 Å². The molecule has 136 valence electrons. The van der Waals surface area contributed by atoms with E-state index in [1.165, 1.54) is 6.92 Å². The lowest BCUT2D eigenvalue weighted by Crippen LogP contribution is -2.54. The van der Waals surface area contributed by atoms with Crippen LogP contribution < -0.4 is 0 Å². The Labute approximate surface area is 144 Å². The van der Waals surface area contributed by atoms with Crippen molar-refractivity contribution >= 4 is 17.8 Å². The van der Waals surface area contributed by atoms with Crippen LogP contribution in [0.25, 0.3) is 0 Å². The molecule has 1 unspecified atom stereocenters. The number of hydrogen-bond donors (Lipinski definition) is 0. The van der Waals surface area contributed by atoms with E-state index in [0.29, 0.717) is 13.1 Å². The Hall–Kier alpha value is -1.85. The molecule has 6 heteroatoms. The second-order valence-corrected chi connectivity index (χ2v) is 6.27. The average Bonchev–Trinajstić information content (AvgIpc) is 2.47. The minimum absolute atomic E-state index is 0.0428. The first kappa shape index (κ1) is 20.2. The minimum Gasteiger partial charge on any atom is -0.462 e. The maximum absolute atomic E-state index is 12.0. The van der Waals surface area contributed by atoms with Gasteiger partial charge in [0.2, 0.25) is 5.91 Å². The van der Waals surface area contributed by atoms with Gasteiger partial charge in [0.1, 0.15) is 12.2 Å². The summed E-state index contributed by atoms with van der Waals surface area (Å²) >= 11 is 0. The van der Waals surface area contributed by atoms with Crippen LogP contribution in [0.3, 0.4) is 0 Å². The molecule has 1 atom stereocenters. The Morgan fingerprint density at radius 2 is 1.83 bits per heavy atom. The molecule has 1 rings (SSSR count). The summed E-state index contributed by atoms with van der Waals surface area (Å²) in [5.74, 6) is -1.08. The smallest absolute Gasteiger partial charge is 0.334 e. The van der Waals surface area contributed by atoms with Crippen molar-refractivity contribution in [2.24, 2.45) is 0 Å². The van der Waals surface area contributed by atoms with E-state index in [1.54, 1.807) is 4.90 Å². The molecular formula is C18H29NO5. The topological polar surface area (TPSA) is 72.9 Å². The van der Waals surface area contributed by atoms with Crippen LogP contribution in [-0.2, 0) is 23.9 Å². The van der Waals surface area contributed by atoms with E-state index in [4.69, 9.17) is 9.47 Å². The van der Waals surface area contributed by atoms with Gasteiger partial charge < -0.3 is 14.4 Å². The molecular weight excluding hydrogens is 310 g/mol. The Bertz CT molecular complexity index is 468. The molecule has 0 aliphatic carbocycles. The molecule has 0 bridgehead atoms. The zero-order chi connectivity index (χ0) is 18.1. The fourth-order valence-corrected chi connectivity index (χ4v) is 2.49. The first-order chi connectivity index (χ1) is 11.4. The number of carbonyl (C=O) groups is 3. The Morgan fingerprint density at radius 3 is 2.38 bits per heavy atom. The van der Waals surface area contributed by atoms with Crippen molar-refractivity contribution in [1.82, 2.24) is 4.90 Å². The van der Waals surface area contributed by atoms with Gasteiger partial charge >= 0.3 is 11.9 Å². The lowest BCUT2D eigenvalue weighted by molar-refractivity contribution is -0.160. The van der Waals surface area contributed by atoms with Crippen LogP contribution in [0.15, 0.2) is 12.2 Å². The average molecular weight is 339 g/mol. The quantitative estimate of drug-likeness (QED) is 0.452. The van der Waals surface area contributed by atoms with Crippen molar-refractivity contribution in [3.05, 3.63) is 12.2 Å². The number of unbranched alkanes of at least 4 members (excludes halogenated alkanes) is 1. The normalized spacial score (nSPS) is 15.4. The van der Waals surface area contributed by atoms with E-state index in [0.717, 1.165) is 32.1 Å². The van der Waals surface area contributed by atoms with Crippen LogP contribution in [0.2, 0.25) is 0 Å². The lowest BCUT2D eigenvalue weighted by Gasteiger charge is -2.37. The van der Waals surface area contributed by atoms with E-state index in [-0.39, 0.29) is 30.1 Å². The summed E-state index contributed by atoms with van der Waals surface area (Å²) in [6, 6.07) is 0. The van der Waals surface area contributed by atoms with Gasteiger partial charge in [0.25, 0.3) is 0 Å². The van der Waals surface area contributed by atoms with Crippen LogP contribution in [0.4, 0.5) is 0 Å². The fraction of sp³-hybridized carbons (Fsp3) is 0.722. The summed E-state index contributed by atoms with van der Waals surface area (Å²) in [5.41, 5.74) is 0.0898. The molecule has 1 heterocycles. The highest BCUT2D eigenvalue weighted by molar-refractivity contribution is 5.93. The summed E-state index contributed by atoms with van der Waals surface area (Å²) in [6.07, 6.45) is 4.10. The molecule has 24 heavy (non-hydrogen) atoms. The van der Waals surface area contributed by atoms with Crippen molar-refractivity contribution in [2.45, 2.75) is 71.5 Å². The van der Waals surface area contributed by atoms with Gasteiger partial charge in [-0.3, -0.25) is 9.59 Å². The van der Waals surface area contributed by atoms with Gasteiger partial charge in [-0.1, -0.05) is 39.7 Å². The number of ether oxygens (including phenoxy) is 2. The van der Waals surface area contributed by atoms with Crippen LogP contribution in [0.1, 0.15) is 59.3 Å². The predicted octanol–water partition coefficient (Wildman–Crippen LogP) is 2.61. The zero-order valence-electron chi connectivity index (χ0n) is 15.0. The molecule has 0 radical (unpaired) electrons. The molecule has 0 saturated carbocycles. The molecule has 0 aromatic heterocycles. The van der Waals surface area contributed by atoms with E-state index >= 15 is 0 Å². The van der Waals surface area contributed by atoms with E-state index < -0.39 is 11.9 Å².